The average Bonchev–Trinajstić information content (AvgIpc) is 3.78. The molecule has 40 heavy (non-hydrogen) atoms. The van der Waals surface area contributed by atoms with Gasteiger partial charge in [0, 0.05) is 50.2 Å². The molecule has 0 atom stereocenters. The van der Waals surface area contributed by atoms with E-state index in [2.05, 4.69) is 12.2 Å². The summed E-state index contributed by atoms with van der Waals surface area (Å²) in [6.45, 7) is 5.21. The molecular weight excluding hydrogens is 513 g/mol. The number of carbonyl (C=O) groups is 2. The zero-order chi connectivity index (χ0) is 28.9. The minimum Gasteiger partial charge on any atom is -0.481 e. The van der Waals surface area contributed by atoms with Crippen LogP contribution in [-0.2, 0) is 4.79 Å². The van der Waals surface area contributed by atoms with E-state index in [0.717, 1.165) is 38.8 Å². The Labute approximate surface area is 236 Å². The highest BCUT2D eigenvalue weighted by molar-refractivity contribution is 5.93. The van der Waals surface area contributed by atoms with Gasteiger partial charge in [-0.2, -0.15) is 0 Å². The van der Waals surface area contributed by atoms with E-state index in [1.807, 2.05) is 9.47 Å². The number of benzene rings is 1. The first-order valence-electron chi connectivity index (χ1n) is 15.1. The van der Waals surface area contributed by atoms with Crippen LogP contribution in [0.15, 0.2) is 23.1 Å². The Morgan fingerprint density at radius 3 is 2.02 bits per heavy atom. The van der Waals surface area contributed by atoms with Crippen LogP contribution in [0, 0.1) is 5.82 Å². The molecule has 0 amide bonds. The van der Waals surface area contributed by atoms with Gasteiger partial charge in [0.2, 0.25) is 5.43 Å². The Morgan fingerprint density at radius 2 is 1.50 bits per heavy atom. The molecule has 8 nitrogen and oxygen atoms in total. The quantitative estimate of drug-likeness (QED) is 0.218. The number of nitrogens with zero attached hydrogens (tertiary/aromatic N) is 2. The third-order valence-corrected chi connectivity index (χ3v) is 7.72. The molecule has 2 fully saturated rings. The molecule has 2 aliphatic rings. The van der Waals surface area contributed by atoms with Crippen molar-refractivity contribution in [2.24, 2.45) is 0 Å². The number of unbranched alkanes of at least 4 members (excludes halogenated alkanes) is 10. The lowest BCUT2D eigenvalue weighted by molar-refractivity contribution is -0.137. The highest BCUT2D eigenvalue weighted by Gasteiger charge is 2.28. The van der Waals surface area contributed by atoms with Crippen LogP contribution >= 0.6 is 0 Å². The van der Waals surface area contributed by atoms with Crippen molar-refractivity contribution in [3.05, 3.63) is 39.9 Å². The number of hydrogen-bond acceptors (Lipinski definition) is 5. The number of pyridine rings is 1. The van der Waals surface area contributed by atoms with Gasteiger partial charge in [-0.1, -0.05) is 71.1 Å². The summed E-state index contributed by atoms with van der Waals surface area (Å²) in [5.41, 5.74) is 0.159. The van der Waals surface area contributed by atoms with E-state index in [1.54, 1.807) is 6.07 Å². The van der Waals surface area contributed by atoms with E-state index in [9.17, 15) is 23.9 Å². The lowest BCUT2D eigenvalue weighted by Gasteiger charge is -2.30. The molecule has 0 spiro atoms. The number of nitrogens with one attached hydrogen (secondary N) is 1. The summed E-state index contributed by atoms with van der Waals surface area (Å²) in [7, 11) is 0. The maximum Gasteiger partial charge on any atom is 0.341 e. The fraction of sp³-hybridized carbons (Fsp3) is 0.645. The summed E-state index contributed by atoms with van der Waals surface area (Å²) in [6, 6.07) is 3.08. The van der Waals surface area contributed by atoms with Crippen molar-refractivity contribution < 1.29 is 24.2 Å². The molecular formula is C31H46FN3O5. The normalized spacial score (nSPS) is 15.1. The lowest BCUT2D eigenvalue weighted by atomic mass is 10.1. The van der Waals surface area contributed by atoms with Crippen LogP contribution in [0.25, 0.3) is 10.9 Å². The molecule has 222 valence electrons. The molecule has 2 heterocycles. The van der Waals surface area contributed by atoms with Gasteiger partial charge in [0.25, 0.3) is 0 Å². The number of piperazine rings is 1. The van der Waals surface area contributed by atoms with Crippen molar-refractivity contribution in [2.45, 2.75) is 103 Å². The molecule has 1 saturated heterocycles. The summed E-state index contributed by atoms with van der Waals surface area (Å²) >= 11 is 0. The van der Waals surface area contributed by atoms with Crippen LogP contribution < -0.4 is 15.6 Å². The minimum absolute atomic E-state index is 0.137. The first-order chi connectivity index (χ1) is 19.3. The Morgan fingerprint density at radius 1 is 0.925 bits per heavy atom. The lowest BCUT2D eigenvalue weighted by Crippen LogP contribution is -2.43. The van der Waals surface area contributed by atoms with Gasteiger partial charge >= 0.3 is 11.9 Å². The molecule has 1 aliphatic heterocycles. The van der Waals surface area contributed by atoms with Crippen LogP contribution in [-0.4, -0.2) is 52.9 Å². The molecule has 0 bridgehead atoms. The van der Waals surface area contributed by atoms with Crippen LogP contribution in [0.2, 0.25) is 0 Å². The number of hydrogen-bond donors (Lipinski definition) is 3. The zero-order valence-corrected chi connectivity index (χ0v) is 23.9. The van der Waals surface area contributed by atoms with Gasteiger partial charge in [0.05, 0.1) is 11.2 Å². The number of aromatic nitrogens is 1. The van der Waals surface area contributed by atoms with E-state index in [4.69, 9.17) is 5.11 Å². The zero-order valence-electron chi connectivity index (χ0n) is 23.9. The van der Waals surface area contributed by atoms with Crippen LogP contribution in [0.4, 0.5) is 10.1 Å². The standard InChI is InChI=1S/C17H18FN3O3.C14H28O2/c18-13-7-11-14(8-15(13)20-5-3-19-4-6-20)21(10-1-2-10)9-12(16(11)22)17(23)24;1-2-3-4-5-6-7-8-9-10-11-12-13-14(15)16/h7-10,19H,1-6H2,(H,23,24);2-13H2,1H3,(H,15,16). The second-order valence-electron chi connectivity index (χ2n) is 11.1. The Hall–Kier alpha value is -2.94. The number of rotatable bonds is 15. The fourth-order valence-corrected chi connectivity index (χ4v) is 5.25. The van der Waals surface area contributed by atoms with Gasteiger partial charge in [0.15, 0.2) is 0 Å². The topological polar surface area (TPSA) is 112 Å². The van der Waals surface area contributed by atoms with Gasteiger partial charge in [-0.25, -0.2) is 9.18 Å². The summed E-state index contributed by atoms with van der Waals surface area (Å²) in [5, 5.41) is 21.1. The molecule has 1 aliphatic carbocycles. The maximum absolute atomic E-state index is 14.6. The smallest absolute Gasteiger partial charge is 0.341 e. The molecule has 1 aromatic heterocycles. The van der Waals surface area contributed by atoms with Crippen molar-refractivity contribution in [3.8, 4) is 0 Å². The average molecular weight is 560 g/mol. The van der Waals surface area contributed by atoms with Gasteiger partial charge < -0.3 is 25.0 Å². The third kappa shape index (κ3) is 9.61. The highest BCUT2D eigenvalue weighted by Crippen LogP contribution is 2.38. The Balaban J connectivity index is 0.000000243. The Bertz CT molecular complexity index is 1170. The number of aromatic carboxylic acids is 1. The molecule has 4 rings (SSSR count). The fourth-order valence-electron chi connectivity index (χ4n) is 5.25. The second-order valence-corrected chi connectivity index (χ2v) is 11.1. The third-order valence-electron chi connectivity index (χ3n) is 7.72. The van der Waals surface area contributed by atoms with E-state index >= 15 is 0 Å². The molecule has 9 heteroatoms. The monoisotopic (exact) mass is 559 g/mol. The Kier molecular flexibility index (Phi) is 12.9. The minimum atomic E-state index is -1.28. The van der Waals surface area contributed by atoms with Crippen molar-refractivity contribution in [1.29, 1.82) is 0 Å². The van der Waals surface area contributed by atoms with E-state index in [1.165, 1.54) is 70.1 Å². The predicted octanol–water partition coefficient (Wildman–Crippen LogP) is 6.36. The second kappa shape index (κ2) is 16.4. The number of halogens is 1. The molecule has 3 N–H and O–H groups in total. The molecule has 0 unspecified atom stereocenters. The molecule has 1 saturated carbocycles. The predicted molar refractivity (Wildman–Crippen MR) is 157 cm³/mol. The SMILES string of the molecule is CCCCCCCCCCCCCC(=O)O.O=C(O)c1cn(C2CC2)c2cc(N3CCNCC3)c(F)cc2c1=O. The number of anilines is 1. The van der Waals surface area contributed by atoms with Gasteiger partial charge in [0.1, 0.15) is 11.4 Å². The van der Waals surface area contributed by atoms with E-state index in [0.29, 0.717) is 30.7 Å². The molecule has 2 aromatic rings. The summed E-state index contributed by atoms with van der Waals surface area (Å²) in [4.78, 5) is 36.0. The number of aliphatic carboxylic acids is 1. The highest BCUT2D eigenvalue weighted by atomic mass is 19.1. The van der Waals surface area contributed by atoms with Gasteiger partial charge in [-0.15, -0.1) is 0 Å². The van der Waals surface area contributed by atoms with Crippen molar-refractivity contribution in [3.63, 3.8) is 0 Å². The largest absolute Gasteiger partial charge is 0.481 e. The summed E-state index contributed by atoms with van der Waals surface area (Å²) in [5.74, 6) is -2.41. The van der Waals surface area contributed by atoms with E-state index < -0.39 is 23.2 Å². The maximum atomic E-state index is 14.6. The molecule has 0 radical (unpaired) electrons. The van der Waals surface area contributed by atoms with Crippen LogP contribution in [0.5, 0.6) is 0 Å². The summed E-state index contributed by atoms with van der Waals surface area (Å²) < 4.78 is 16.4. The number of carboxylic acids is 2. The van der Waals surface area contributed by atoms with Crippen LogP contribution in [0.3, 0.4) is 0 Å². The summed E-state index contributed by atoms with van der Waals surface area (Å²) in [6.07, 6.45) is 17.6. The van der Waals surface area contributed by atoms with Gasteiger partial charge in [-0.3, -0.25) is 9.59 Å². The van der Waals surface area contributed by atoms with Crippen molar-refractivity contribution in [1.82, 2.24) is 9.88 Å². The van der Waals surface area contributed by atoms with Crippen molar-refractivity contribution in [2.75, 3.05) is 31.1 Å². The number of fused-ring (bicyclic) bond motifs is 1. The van der Waals surface area contributed by atoms with Gasteiger partial charge in [-0.05, 0) is 31.4 Å². The molecule has 1 aromatic carbocycles. The number of carboxylic acid groups (broad SMARTS) is 2. The van der Waals surface area contributed by atoms with Crippen LogP contribution in [0.1, 0.15) is 113 Å². The van der Waals surface area contributed by atoms with E-state index in [-0.39, 0.29) is 17.0 Å². The first kappa shape index (κ1) is 31.6. The first-order valence-corrected chi connectivity index (χ1v) is 15.1. The van der Waals surface area contributed by atoms with Crippen molar-refractivity contribution >= 4 is 28.5 Å².